The third kappa shape index (κ3) is 2.00. The Morgan fingerprint density at radius 3 is 2.76 bits per heavy atom. The highest BCUT2D eigenvalue weighted by Gasteiger charge is 2.40. The summed E-state index contributed by atoms with van der Waals surface area (Å²) in [5.74, 6) is 0.634. The fourth-order valence-corrected chi connectivity index (χ4v) is 1.93. The van der Waals surface area contributed by atoms with Gasteiger partial charge < -0.3 is 9.47 Å². The summed E-state index contributed by atoms with van der Waals surface area (Å²) in [6.07, 6.45) is 0. The Balaban J connectivity index is 2.51. The molecule has 1 amide bonds. The largest absolute Gasteiger partial charge is 0.476 e. The van der Waals surface area contributed by atoms with Crippen LogP contribution in [0, 0.1) is 6.92 Å². The van der Waals surface area contributed by atoms with Gasteiger partial charge in [0.25, 0.3) is 5.91 Å². The molecule has 1 aromatic rings. The van der Waals surface area contributed by atoms with Gasteiger partial charge >= 0.3 is 0 Å². The molecular formula is C13H17NO3. The van der Waals surface area contributed by atoms with Gasteiger partial charge in [-0.3, -0.25) is 9.69 Å². The van der Waals surface area contributed by atoms with Crippen molar-refractivity contribution in [2.45, 2.75) is 26.4 Å². The monoisotopic (exact) mass is 235 g/mol. The molecule has 0 N–H and O–H groups in total. The molecule has 2 rings (SSSR count). The molecule has 0 spiro atoms. The normalized spacial score (nSPS) is 17.6. The highest BCUT2D eigenvalue weighted by molar-refractivity contribution is 6.02. The number of ether oxygens (including phenoxy) is 2. The minimum absolute atomic E-state index is 0.0857. The summed E-state index contributed by atoms with van der Waals surface area (Å²) in [7, 11) is 1.57. The number of carbonyl (C=O) groups is 1. The smallest absolute Gasteiger partial charge is 0.272 e. The number of carbonyl (C=O) groups excluding carboxylic acids is 1. The number of hydrogen-bond donors (Lipinski definition) is 0. The van der Waals surface area contributed by atoms with Crippen molar-refractivity contribution in [3.05, 3.63) is 23.8 Å². The lowest BCUT2D eigenvalue weighted by atomic mass is 10.0. The van der Waals surface area contributed by atoms with Crippen LogP contribution in [0.1, 0.15) is 19.4 Å². The molecule has 1 aromatic carbocycles. The molecule has 1 heterocycles. The van der Waals surface area contributed by atoms with E-state index in [-0.39, 0.29) is 12.6 Å². The predicted octanol–water partition coefficient (Wildman–Crippen LogP) is 2.10. The van der Waals surface area contributed by atoms with E-state index in [1.807, 2.05) is 25.1 Å². The van der Waals surface area contributed by atoms with Crippen molar-refractivity contribution in [2.75, 3.05) is 18.7 Å². The summed E-state index contributed by atoms with van der Waals surface area (Å²) < 4.78 is 10.8. The van der Waals surface area contributed by atoms with Crippen LogP contribution in [-0.2, 0) is 9.53 Å². The van der Waals surface area contributed by atoms with Gasteiger partial charge in [0.2, 0.25) is 0 Å². The van der Waals surface area contributed by atoms with Crippen LogP contribution in [0.4, 0.5) is 5.69 Å². The second kappa shape index (κ2) is 4.04. The van der Waals surface area contributed by atoms with E-state index in [0.717, 1.165) is 17.0 Å². The summed E-state index contributed by atoms with van der Waals surface area (Å²) in [5, 5.41) is 0. The number of benzene rings is 1. The lowest BCUT2D eigenvalue weighted by molar-refractivity contribution is -0.133. The van der Waals surface area contributed by atoms with Crippen LogP contribution < -0.4 is 9.64 Å². The van der Waals surface area contributed by atoms with E-state index in [1.54, 1.807) is 25.9 Å². The zero-order valence-corrected chi connectivity index (χ0v) is 10.6. The van der Waals surface area contributed by atoms with Gasteiger partial charge in [-0.2, -0.15) is 0 Å². The van der Waals surface area contributed by atoms with Crippen LogP contribution in [0.3, 0.4) is 0 Å². The van der Waals surface area contributed by atoms with E-state index in [1.165, 1.54) is 0 Å². The van der Waals surface area contributed by atoms with Crippen LogP contribution in [0.2, 0.25) is 0 Å². The fourth-order valence-electron chi connectivity index (χ4n) is 1.93. The third-order valence-electron chi connectivity index (χ3n) is 2.79. The number of anilines is 1. The van der Waals surface area contributed by atoms with E-state index in [4.69, 9.17) is 9.47 Å². The van der Waals surface area contributed by atoms with Crippen molar-refractivity contribution in [2.24, 2.45) is 0 Å². The Labute approximate surface area is 101 Å². The lowest BCUT2D eigenvalue weighted by Gasteiger charge is -2.38. The van der Waals surface area contributed by atoms with E-state index in [0.29, 0.717) is 0 Å². The maximum absolute atomic E-state index is 12.2. The maximum atomic E-state index is 12.2. The molecule has 0 saturated heterocycles. The number of amides is 1. The second-order valence-electron chi connectivity index (χ2n) is 4.73. The Morgan fingerprint density at radius 2 is 2.12 bits per heavy atom. The van der Waals surface area contributed by atoms with Gasteiger partial charge in [-0.1, -0.05) is 6.07 Å². The molecule has 0 saturated carbocycles. The van der Waals surface area contributed by atoms with Gasteiger partial charge in [0.05, 0.1) is 5.69 Å². The van der Waals surface area contributed by atoms with Gasteiger partial charge in [0.15, 0.2) is 5.60 Å². The average Bonchev–Trinajstić information content (AvgIpc) is 2.26. The fraction of sp³-hybridized carbons (Fsp3) is 0.462. The first-order valence-electron chi connectivity index (χ1n) is 5.56. The zero-order valence-electron chi connectivity index (χ0n) is 10.6. The third-order valence-corrected chi connectivity index (χ3v) is 2.79. The molecule has 92 valence electrons. The van der Waals surface area contributed by atoms with Crippen molar-refractivity contribution in [3.8, 4) is 5.75 Å². The minimum Gasteiger partial charge on any atom is -0.476 e. The van der Waals surface area contributed by atoms with E-state index < -0.39 is 5.60 Å². The Kier molecular flexibility index (Phi) is 2.83. The molecule has 0 atom stereocenters. The molecular weight excluding hydrogens is 218 g/mol. The van der Waals surface area contributed by atoms with Crippen LogP contribution in [0.5, 0.6) is 5.75 Å². The topological polar surface area (TPSA) is 38.8 Å². The number of methoxy groups -OCH3 is 1. The lowest BCUT2D eigenvalue weighted by Crippen LogP contribution is -2.53. The van der Waals surface area contributed by atoms with Crippen molar-refractivity contribution in [1.82, 2.24) is 0 Å². The second-order valence-corrected chi connectivity index (χ2v) is 4.73. The van der Waals surface area contributed by atoms with Gasteiger partial charge in [-0.15, -0.1) is 0 Å². The Hall–Kier alpha value is -1.55. The average molecular weight is 235 g/mol. The predicted molar refractivity (Wildman–Crippen MR) is 65.2 cm³/mol. The van der Waals surface area contributed by atoms with Crippen LogP contribution in [-0.4, -0.2) is 25.3 Å². The minimum atomic E-state index is -0.846. The van der Waals surface area contributed by atoms with Crippen molar-refractivity contribution < 1.29 is 14.3 Å². The summed E-state index contributed by atoms with van der Waals surface area (Å²) in [4.78, 5) is 13.8. The number of fused-ring (bicyclic) bond motifs is 1. The highest BCUT2D eigenvalue weighted by Crippen LogP contribution is 2.38. The molecule has 0 radical (unpaired) electrons. The van der Waals surface area contributed by atoms with E-state index in [9.17, 15) is 4.79 Å². The Bertz CT molecular complexity index is 454. The maximum Gasteiger partial charge on any atom is 0.272 e. The Morgan fingerprint density at radius 1 is 1.41 bits per heavy atom. The molecule has 4 heteroatoms. The van der Waals surface area contributed by atoms with Crippen molar-refractivity contribution in [1.29, 1.82) is 0 Å². The standard InChI is InChI=1S/C13H17NO3/c1-9-5-6-11-10(7-9)14(8-16-4)12(15)13(2,3)17-11/h5-7H,8H2,1-4H3. The van der Waals surface area contributed by atoms with Crippen molar-refractivity contribution in [3.63, 3.8) is 0 Å². The van der Waals surface area contributed by atoms with E-state index >= 15 is 0 Å². The van der Waals surface area contributed by atoms with Crippen molar-refractivity contribution >= 4 is 11.6 Å². The molecule has 0 unspecified atom stereocenters. The van der Waals surface area contributed by atoms with Gasteiger partial charge in [0, 0.05) is 7.11 Å². The molecule has 0 aromatic heterocycles. The van der Waals surface area contributed by atoms with Crippen LogP contribution in [0.15, 0.2) is 18.2 Å². The van der Waals surface area contributed by atoms with Crippen LogP contribution in [0.25, 0.3) is 0 Å². The number of aryl methyl sites for hydroxylation is 1. The zero-order chi connectivity index (χ0) is 12.6. The first-order valence-corrected chi connectivity index (χ1v) is 5.56. The van der Waals surface area contributed by atoms with Gasteiger partial charge in [-0.25, -0.2) is 0 Å². The molecule has 1 aliphatic rings. The molecule has 4 nitrogen and oxygen atoms in total. The summed E-state index contributed by atoms with van der Waals surface area (Å²) in [6, 6.07) is 5.79. The molecule has 0 aliphatic carbocycles. The molecule has 17 heavy (non-hydrogen) atoms. The number of rotatable bonds is 2. The number of nitrogens with zero attached hydrogens (tertiary/aromatic N) is 1. The summed E-state index contributed by atoms with van der Waals surface area (Å²) >= 11 is 0. The molecule has 1 aliphatic heterocycles. The summed E-state index contributed by atoms with van der Waals surface area (Å²) in [5.41, 5.74) is 1.01. The number of hydrogen-bond acceptors (Lipinski definition) is 3. The SMILES string of the molecule is COCN1C(=O)C(C)(C)Oc2ccc(C)cc21. The first kappa shape index (κ1) is 11.9. The van der Waals surface area contributed by atoms with E-state index in [2.05, 4.69) is 0 Å². The van der Waals surface area contributed by atoms with Crippen LogP contribution >= 0.6 is 0 Å². The summed E-state index contributed by atoms with van der Waals surface area (Å²) in [6.45, 7) is 5.75. The first-order chi connectivity index (χ1) is 7.95. The van der Waals surface area contributed by atoms with Gasteiger partial charge in [0.1, 0.15) is 12.5 Å². The molecule has 0 bridgehead atoms. The highest BCUT2D eigenvalue weighted by atomic mass is 16.5. The van der Waals surface area contributed by atoms with Gasteiger partial charge in [-0.05, 0) is 38.5 Å². The quantitative estimate of drug-likeness (QED) is 0.788. The molecule has 0 fully saturated rings.